The van der Waals surface area contributed by atoms with Crippen molar-refractivity contribution in [2.45, 2.75) is 65.5 Å². The van der Waals surface area contributed by atoms with Crippen molar-refractivity contribution < 1.29 is 19.1 Å². The molecule has 21 heavy (non-hydrogen) atoms. The van der Waals surface area contributed by atoms with Crippen LogP contribution in [0.3, 0.4) is 0 Å². The maximum absolute atomic E-state index is 11.8. The van der Waals surface area contributed by atoms with Crippen LogP contribution in [-0.4, -0.2) is 43.4 Å². The molecular formula is C15H30N2O4. The third-order valence-electron chi connectivity index (χ3n) is 2.60. The summed E-state index contributed by atoms with van der Waals surface area (Å²) >= 11 is 0. The van der Waals surface area contributed by atoms with Crippen LogP contribution in [0.1, 0.15) is 53.9 Å². The number of nitrogens with one attached hydrogen (secondary N) is 2. The molecule has 0 saturated heterocycles. The standard InChI is InChI=1S/C15H30N2O4/c1-6-8-9-12(13(18)20-7-2)16-10-11-17-14(19)21-15(3,4)5/h12,16H,6-11H2,1-5H3,(H,17,19). The van der Waals surface area contributed by atoms with Gasteiger partial charge in [-0.15, -0.1) is 0 Å². The molecule has 0 radical (unpaired) electrons. The lowest BCUT2D eigenvalue weighted by atomic mass is 10.1. The number of alkyl carbamates (subject to hydrolysis) is 1. The molecule has 0 heterocycles. The Kier molecular flexibility index (Phi) is 9.78. The summed E-state index contributed by atoms with van der Waals surface area (Å²) in [5.41, 5.74) is -0.508. The van der Waals surface area contributed by atoms with E-state index in [9.17, 15) is 9.59 Å². The molecule has 1 unspecified atom stereocenters. The van der Waals surface area contributed by atoms with E-state index in [0.29, 0.717) is 19.7 Å². The molecule has 2 N–H and O–H groups in total. The third-order valence-corrected chi connectivity index (χ3v) is 2.60. The minimum atomic E-state index is -0.508. The van der Waals surface area contributed by atoms with Gasteiger partial charge in [0.2, 0.25) is 0 Å². The normalized spacial score (nSPS) is 12.6. The van der Waals surface area contributed by atoms with Crippen LogP contribution in [0, 0.1) is 0 Å². The summed E-state index contributed by atoms with van der Waals surface area (Å²) < 4.78 is 10.2. The highest BCUT2D eigenvalue weighted by Crippen LogP contribution is 2.06. The highest BCUT2D eigenvalue weighted by Gasteiger charge is 2.19. The Morgan fingerprint density at radius 3 is 2.33 bits per heavy atom. The van der Waals surface area contributed by atoms with Gasteiger partial charge in [-0.25, -0.2) is 4.79 Å². The Bertz CT molecular complexity index is 313. The summed E-state index contributed by atoms with van der Waals surface area (Å²) in [5.74, 6) is -0.233. The lowest BCUT2D eigenvalue weighted by Crippen LogP contribution is -2.43. The second-order valence-electron chi connectivity index (χ2n) is 5.83. The zero-order valence-corrected chi connectivity index (χ0v) is 14.0. The van der Waals surface area contributed by atoms with E-state index >= 15 is 0 Å². The summed E-state index contributed by atoms with van der Waals surface area (Å²) in [5, 5.41) is 5.76. The van der Waals surface area contributed by atoms with Gasteiger partial charge in [0, 0.05) is 13.1 Å². The van der Waals surface area contributed by atoms with E-state index in [1.54, 1.807) is 6.92 Å². The second-order valence-corrected chi connectivity index (χ2v) is 5.83. The average molecular weight is 302 g/mol. The number of esters is 1. The molecule has 0 bridgehead atoms. The predicted molar refractivity (Wildman–Crippen MR) is 82.2 cm³/mol. The van der Waals surface area contributed by atoms with Crippen LogP contribution in [0.2, 0.25) is 0 Å². The summed E-state index contributed by atoms with van der Waals surface area (Å²) in [6, 6.07) is -0.315. The molecule has 0 spiro atoms. The Hall–Kier alpha value is -1.30. The van der Waals surface area contributed by atoms with Gasteiger partial charge in [-0.1, -0.05) is 19.8 Å². The SMILES string of the molecule is CCCCC(NCCNC(=O)OC(C)(C)C)C(=O)OCC. The van der Waals surface area contributed by atoms with Crippen LogP contribution in [0.4, 0.5) is 4.79 Å². The zero-order valence-electron chi connectivity index (χ0n) is 14.0. The first-order valence-corrected chi connectivity index (χ1v) is 7.67. The first-order chi connectivity index (χ1) is 9.80. The van der Waals surface area contributed by atoms with E-state index in [4.69, 9.17) is 9.47 Å². The van der Waals surface area contributed by atoms with Gasteiger partial charge < -0.3 is 20.1 Å². The van der Waals surface area contributed by atoms with Crippen LogP contribution < -0.4 is 10.6 Å². The molecule has 0 aliphatic carbocycles. The van der Waals surface area contributed by atoms with E-state index in [1.807, 2.05) is 20.8 Å². The van der Waals surface area contributed by atoms with Crippen LogP contribution in [-0.2, 0) is 14.3 Å². The largest absolute Gasteiger partial charge is 0.465 e. The Balaban J connectivity index is 4.02. The van der Waals surface area contributed by atoms with Crippen molar-refractivity contribution in [3.05, 3.63) is 0 Å². The molecule has 1 amide bonds. The maximum atomic E-state index is 11.8. The van der Waals surface area contributed by atoms with Crippen molar-refractivity contribution in [2.75, 3.05) is 19.7 Å². The minimum absolute atomic E-state index is 0.233. The molecule has 0 aromatic rings. The van der Waals surface area contributed by atoms with Gasteiger partial charge in [-0.2, -0.15) is 0 Å². The number of amides is 1. The third kappa shape index (κ3) is 11.1. The minimum Gasteiger partial charge on any atom is -0.465 e. The van der Waals surface area contributed by atoms with E-state index in [1.165, 1.54) is 0 Å². The Morgan fingerprint density at radius 2 is 1.81 bits per heavy atom. The fourth-order valence-electron chi connectivity index (χ4n) is 1.68. The number of hydrogen-bond acceptors (Lipinski definition) is 5. The van der Waals surface area contributed by atoms with Crippen LogP contribution in [0.25, 0.3) is 0 Å². The van der Waals surface area contributed by atoms with Crippen LogP contribution >= 0.6 is 0 Å². The van der Waals surface area contributed by atoms with Gasteiger partial charge in [0.25, 0.3) is 0 Å². The fraction of sp³-hybridized carbons (Fsp3) is 0.867. The first-order valence-electron chi connectivity index (χ1n) is 7.67. The lowest BCUT2D eigenvalue weighted by molar-refractivity contribution is -0.145. The quantitative estimate of drug-likeness (QED) is 0.504. The summed E-state index contributed by atoms with van der Waals surface area (Å²) in [6.07, 6.45) is 2.26. The smallest absolute Gasteiger partial charge is 0.407 e. The van der Waals surface area contributed by atoms with Gasteiger partial charge in [0.15, 0.2) is 0 Å². The van der Waals surface area contributed by atoms with E-state index < -0.39 is 11.7 Å². The summed E-state index contributed by atoms with van der Waals surface area (Å²) in [6.45, 7) is 10.6. The molecule has 0 aromatic carbocycles. The second kappa shape index (κ2) is 10.4. The van der Waals surface area contributed by atoms with Crippen molar-refractivity contribution >= 4 is 12.1 Å². The monoisotopic (exact) mass is 302 g/mol. The Morgan fingerprint density at radius 1 is 1.14 bits per heavy atom. The highest BCUT2D eigenvalue weighted by molar-refractivity contribution is 5.75. The number of unbranched alkanes of at least 4 members (excludes halogenated alkanes) is 1. The molecule has 6 nitrogen and oxygen atoms in total. The number of carbonyl (C=O) groups is 2. The fourth-order valence-corrected chi connectivity index (χ4v) is 1.68. The maximum Gasteiger partial charge on any atom is 0.407 e. The van der Waals surface area contributed by atoms with Crippen LogP contribution in [0.15, 0.2) is 0 Å². The molecule has 0 rings (SSSR count). The van der Waals surface area contributed by atoms with Crippen molar-refractivity contribution in [3.63, 3.8) is 0 Å². The summed E-state index contributed by atoms with van der Waals surface area (Å²) in [4.78, 5) is 23.2. The van der Waals surface area contributed by atoms with E-state index in [-0.39, 0.29) is 12.0 Å². The molecule has 1 atom stereocenters. The number of ether oxygens (including phenoxy) is 2. The number of hydrogen-bond donors (Lipinski definition) is 2. The molecule has 0 aliphatic rings. The average Bonchev–Trinajstić information content (AvgIpc) is 2.36. The van der Waals surface area contributed by atoms with E-state index in [2.05, 4.69) is 17.6 Å². The van der Waals surface area contributed by atoms with Gasteiger partial charge in [0.05, 0.1) is 6.61 Å². The first kappa shape index (κ1) is 19.7. The van der Waals surface area contributed by atoms with Gasteiger partial charge >= 0.3 is 12.1 Å². The number of rotatable bonds is 9. The summed E-state index contributed by atoms with van der Waals surface area (Å²) in [7, 11) is 0. The predicted octanol–water partition coefficient (Wildman–Crippen LogP) is 2.22. The van der Waals surface area contributed by atoms with Gasteiger partial charge in [0.1, 0.15) is 11.6 Å². The van der Waals surface area contributed by atoms with E-state index in [0.717, 1.165) is 19.3 Å². The molecular weight excluding hydrogens is 272 g/mol. The lowest BCUT2D eigenvalue weighted by Gasteiger charge is -2.20. The van der Waals surface area contributed by atoms with Crippen molar-refractivity contribution in [2.24, 2.45) is 0 Å². The molecule has 6 heteroatoms. The zero-order chi connectivity index (χ0) is 16.3. The highest BCUT2D eigenvalue weighted by atomic mass is 16.6. The van der Waals surface area contributed by atoms with Crippen molar-refractivity contribution in [3.8, 4) is 0 Å². The van der Waals surface area contributed by atoms with Crippen LogP contribution in [0.5, 0.6) is 0 Å². The van der Waals surface area contributed by atoms with Crippen molar-refractivity contribution in [1.29, 1.82) is 0 Å². The molecule has 0 saturated carbocycles. The van der Waals surface area contributed by atoms with Crippen molar-refractivity contribution in [1.82, 2.24) is 10.6 Å². The molecule has 124 valence electrons. The van der Waals surface area contributed by atoms with Gasteiger partial charge in [-0.3, -0.25) is 4.79 Å². The number of carbonyl (C=O) groups excluding carboxylic acids is 2. The topological polar surface area (TPSA) is 76.7 Å². The molecule has 0 aromatic heterocycles. The Labute approximate surface area is 127 Å². The molecule has 0 fully saturated rings. The molecule has 0 aliphatic heterocycles. The van der Waals surface area contributed by atoms with Gasteiger partial charge in [-0.05, 0) is 34.1 Å².